The smallest absolute Gasteiger partial charge is 0.104 e. The number of hydrogen-bond acceptors (Lipinski definition) is 4. The van der Waals surface area contributed by atoms with Gasteiger partial charge in [0.2, 0.25) is 0 Å². The second kappa shape index (κ2) is 4.84. The van der Waals surface area contributed by atoms with Gasteiger partial charge in [0.05, 0.1) is 6.61 Å². The van der Waals surface area contributed by atoms with Crippen LogP contribution in [0.4, 0.5) is 0 Å². The Bertz CT molecular complexity index is 160. The molecule has 1 heterocycles. The predicted octanol–water partition coefficient (Wildman–Crippen LogP) is 2.79. The van der Waals surface area contributed by atoms with Gasteiger partial charge in [-0.15, -0.1) is 23.5 Å². The first-order chi connectivity index (χ1) is 5.66. The van der Waals surface area contributed by atoms with Gasteiger partial charge in [-0.05, 0) is 6.92 Å². The molecule has 70 valence electrons. The average Bonchev–Trinajstić information content (AvgIpc) is 2.08. The van der Waals surface area contributed by atoms with Crippen LogP contribution in [0, 0.1) is 5.41 Å². The highest BCUT2D eigenvalue weighted by Gasteiger charge is 2.29. The van der Waals surface area contributed by atoms with E-state index in [2.05, 4.69) is 6.92 Å². The lowest BCUT2D eigenvalue weighted by Gasteiger charge is -2.32. The van der Waals surface area contributed by atoms with Crippen molar-refractivity contribution in [2.24, 2.45) is 5.41 Å². The molecule has 1 aliphatic rings. The Morgan fingerprint density at radius 1 is 1.50 bits per heavy atom. The fourth-order valence-electron chi connectivity index (χ4n) is 0.981. The number of rotatable bonds is 3. The van der Waals surface area contributed by atoms with Gasteiger partial charge >= 0.3 is 0 Å². The Morgan fingerprint density at radius 3 is 2.58 bits per heavy atom. The molecule has 1 rings (SSSR count). The summed E-state index contributed by atoms with van der Waals surface area (Å²) in [6.45, 7) is 5.99. The largest absolute Gasteiger partial charge is 0.381 e. The monoisotopic (exact) mass is 222 g/mol. The Kier molecular flexibility index (Phi) is 4.37. The van der Waals surface area contributed by atoms with Crippen molar-refractivity contribution in [1.29, 1.82) is 0 Å². The number of ether oxygens (including phenoxy) is 1. The van der Waals surface area contributed by atoms with Crippen molar-refractivity contribution in [3.05, 3.63) is 0 Å². The molecule has 4 heteroatoms. The number of thiocarbonyl (C=S) groups is 1. The third-order valence-corrected chi connectivity index (χ3v) is 5.30. The van der Waals surface area contributed by atoms with Gasteiger partial charge < -0.3 is 4.74 Å². The fourth-order valence-corrected chi connectivity index (χ4v) is 3.45. The maximum atomic E-state index is 5.44. The topological polar surface area (TPSA) is 9.23 Å². The molecular formula is C8H14OS3. The molecule has 0 unspecified atom stereocenters. The van der Waals surface area contributed by atoms with Gasteiger partial charge in [0.15, 0.2) is 0 Å². The maximum absolute atomic E-state index is 5.44. The first kappa shape index (κ1) is 10.8. The molecule has 0 atom stereocenters. The summed E-state index contributed by atoms with van der Waals surface area (Å²) in [4.78, 5) is 0. The van der Waals surface area contributed by atoms with E-state index < -0.39 is 0 Å². The SMILES string of the molecule is CCOCC1(C)CSC(=S)SC1. The highest BCUT2D eigenvalue weighted by molar-refractivity contribution is 8.47. The number of hydrogen-bond donors (Lipinski definition) is 0. The molecule has 0 amide bonds. The second-order valence-corrected chi connectivity index (χ2v) is 6.43. The molecule has 1 fully saturated rings. The summed E-state index contributed by atoms with van der Waals surface area (Å²) in [7, 11) is 0. The minimum absolute atomic E-state index is 0.327. The average molecular weight is 222 g/mol. The van der Waals surface area contributed by atoms with Crippen molar-refractivity contribution in [3.8, 4) is 0 Å². The molecule has 1 nitrogen and oxygen atoms in total. The van der Waals surface area contributed by atoms with E-state index in [1.807, 2.05) is 6.92 Å². The van der Waals surface area contributed by atoms with Gasteiger partial charge in [-0.3, -0.25) is 0 Å². The fraction of sp³-hybridized carbons (Fsp3) is 0.875. The lowest BCUT2D eigenvalue weighted by Crippen LogP contribution is -2.32. The predicted molar refractivity (Wildman–Crippen MR) is 62.1 cm³/mol. The first-order valence-electron chi connectivity index (χ1n) is 4.03. The van der Waals surface area contributed by atoms with Crippen molar-refractivity contribution in [3.63, 3.8) is 0 Å². The van der Waals surface area contributed by atoms with E-state index >= 15 is 0 Å². The molecular weight excluding hydrogens is 208 g/mol. The zero-order valence-electron chi connectivity index (χ0n) is 7.46. The lowest BCUT2D eigenvalue weighted by atomic mass is 9.98. The molecule has 0 N–H and O–H groups in total. The highest BCUT2D eigenvalue weighted by Crippen LogP contribution is 2.37. The van der Waals surface area contributed by atoms with Gasteiger partial charge in [0.25, 0.3) is 0 Å². The molecule has 0 spiro atoms. The van der Waals surface area contributed by atoms with Crippen molar-refractivity contribution in [2.45, 2.75) is 13.8 Å². The maximum Gasteiger partial charge on any atom is 0.104 e. The minimum Gasteiger partial charge on any atom is -0.381 e. The Morgan fingerprint density at radius 2 is 2.08 bits per heavy atom. The highest BCUT2D eigenvalue weighted by atomic mass is 32.2. The zero-order chi connectivity index (χ0) is 9.03. The Balaban J connectivity index is 2.34. The van der Waals surface area contributed by atoms with Crippen LogP contribution >= 0.6 is 35.7 Å². The van der Waals surface area contributed by atoms with Crippen LogP contribution in [-0.2, 0) is 4.74 Å². The Labute approximate surface area is 88.0 Å². The first-order valence-corrected chi connectivity index (χ1v) is 6.41. The molecule has 0 bridgehead atoms. The quantitative estimate of drug-likeness (QED) is 0.679. The van der Waals surface area contributed by atoms with E-state index in [4.69, 9.17) is 17.0 Å². The molecule has 1 saturated heterocycles. The van der Waals surface area contributed by atoms with E-state index in [-0.39, 0.29) is 0 Å². The van der Waals surface area contributed by atoms with Crippen LogP contribution in [0.3, 0.4) is 0 Å². The second-order valence-electron chi connectivity index (χ2n) is 3.28. The summed E-state index contributed by atoms with van der Waals surface area (Å²) in [5, 5.41) is 0. The van der Waals surface area contributed by atoms with E-state index in [9.17, 15) is 0 Å². The van der Waals surface area contributed by atoms with Crippen molar-refractivity contribution in [1.82, 2.24) is 0 Å². The summed E-state index contributed by atoms with van der Waals surface area (Å²) in [6, 6.07) is 0. The molecule has 0 aliphatic carbocycles. The number of thioether (sulfide) groups is 2. The van der Waals surface area contributed by atoms with Crippen molar-refractivity contribution < 1.29 is 4.74 Å². The molecule has 12 heavy (non-hydrogen) atoms. The van der Waals surface area contributed by atoms with Gasteiger partial charge in [0.1, 0.15) is 3.53 Å². The van der Waals surface area contributed by atoms with E-state index in [1.54, 1.807) is 23.5 Å². The molecule has 0 aromatic rings. The molecule has 0 saturated carbocycles. The van der Waals surface area contributed by atoms with Gasteiger partial charge in [-0.1, -0.05) is 19.1 Å². The molecule has 0 aromatic carbocycles. The summed E-state index contributed by atoms with van der Waals surface area (Å²) in [5.74, 6) is 2.22. The van der Waals surface area contributed by atoms with Crippen LogP contribution in [0.25, 0.3) is 0 Å². The summed E-state index contributed by atoms with van der Waals surface area (Å²) >= 11 is 8.69. The van der Waals surface area contributed by atoms with Gasteiger partial charge in [-0.25, -0.2) is 0 Å². The molecule has 0 radical (unpaired) electrons. The van der Waals surface area contributed by atoms with Crippen LogP contribution in [-0.4, -0.2) is 28.2 Å². The van der Waals surface area contributed by atoms with E-state index in [0.29, 0.717) is 5.41 Å². The van der Waals surface area contributed by atoms with E-state index in [1.165, 1.54) is 0 Å². The van der Waals surface area contributed by atoms with Crippen LogP contribution < -0.4 is 0 Å². The molecule has 1 aliphatic heterocycles. The third-order valence-electron chi connectivity index (χ3n) is 1.73. The van der Waals surface area contributed by atoms with Gasteiger partial charge in [-0.2, -0.15) is 0 Å². The minimum atomic E-state index is 0.327. The van der Waals surface area contributed by atoms with Crippen LogP contribution in [0.1, 0.15) is 13.8 Å². The zero-order valence-corrected chi connectivity index (χ0v) is 9.91. The van der Waals surface area contributed by atoms with Crippen molar-refractivity contribution >= 4 is 39.3 Å². The Hall–Kier alpha value is 0.750. The van der Waals surface area contributed by atoms with E-state index in [0.717, 1.165) is 28.2 Å². The summed E-state index contributed by atoms with van der Waals surface area (Å²) in [5.41, 5.74) is 0.327. The van der Waals surface area contributed by atoms with Crippen LogP contribution in [0.15, 0.2) is 0 Å². The normalized spacial score (nSPS) is 22.7. The van der Waals surface area contributed by atoms with Crippen LogP contribution in [0.5, 0.6) is 0 Å². The third kappa shape index (κ3) is 3.24. The molecule has 0 aromatic heterocycles. The summed E-state index contributed by atoms with van der Waals surface area (Å²) < 4.78 is 6.53. The van der Waals surface area contributed by atoms with Crippen LogP contribution in [0.2, 0.25) is 0 Å². The lowest BCUT2D eigenvalue weighted by molar-refractivity contribution is 0.0851. The van der Waals surface area contributed by atoms with Gasteiger partial charge in [0, 0.05) is 23.5 Å². The van der Waals surface area contributed by atoms with Crippen molar-refractivity contribution in [2.75, 3.05) is 24.7 Å². The summed E-state index contributed by atoms with van der Waals surface area (Å²) in [6.07, 6.45) is 0. The standard InChI is InChI=1S/C8H14OS3/c1-3-9-4-8(2)5-11-7(10)12-6-8/h3-6H2,1-2H3.